The van der Waals surface area contributed by atoms with E-state index >= 15 is 0 Å². The SMILES string of the molecule is Cc1ccc(C2=NNC(c3ccc([N+](=O)[O-])cc3)S2)cc1. The molecule has 0 aromatic heterocycles. The maximum Gasteiger partial charge on any atom is 0.269 e. The van der Waals surface area contributed by atoms with Crippen LogP contribution in [-0.2, 0) is 0 Å². The molecule has 106 valence electrons. The van der Waals surface area contributed by atoms with Crippen LogP contribution in [0.5, 0.6) is 0 Å². The fourth-order valence-electron chi connectivity index (χ4n) is 2.02. The molecule has 1 atom stereocenters. The summed E-state index contributed by atoms with van der Waals surface area (Å²) < 4.78 is 0. The van der Waals surface area contributed by atoms with Gasteiger partial charge in [0.2, 0.25) is 0 Å². The third-order valence-electron chi connectivity index (χ3n) is 3.22. The van der Waals surface area contributed by atoms with Gasteiger partial charge in [0, 0.05) is 17.7 Å². The number of hydrogen-bond acceptors (Lipinski definition) is 5. The molecule has 0 amide bonds. The lowest BCUT2D eigenvalue weighted by atomic mass is 10.2. The summed E-state index contributed by atoms with van der Waals surface area (Å²) >= 11 is 1.61. The lowest BCUT2D eigenvalue weighted by Gasteiger charge is -2.09. The Kier molecular flexibility index (Phi) is 3.62. The second-order valence-corrected chi connectivity index (χ2v) is 5.85. The van der Waals surface area contributed by atoms with Gasteiger partial charge >= 0.3 is 0 Å². The minimum absolute atomic E-state index is 0.0119. The average Bonchev–Trinajstić information content (AvgIpc) is 2.98. The van der Waals surface area contributed by atoms with E-state index in [2.05, 4.69) is 22.7 Å². The van der Waals surface area contributed by atoms with Crippen LogP contribution >= 0.6 is 11.8 Å². The maximum absolute atomic E-state index is 10.7. The van der Waals surface area contributed by atoms with Gasteiger partial charge in [-0.15, -0.1) is 0 Å². The van der Waals surface area contributed by atoms with Gasteiger partial charge in [0.1, 0.15) is 10.4 Å². The summed E-state index contributed by atoms with van der Waals surface area (Å²) in [6.45, 7) is 2.05. The molecule has 0 aliphatic carbocycles. The van der Waals surface area contributed by atoms with Crippen molar-refractivity contribution >= 4 is 22.5 Å². The molecule has 0 fully saturated rings. The van der Waals surface area contributed by atoms with E-state index in [0.29, 0.717) is 0 Å². The molecule has 3 rings (SSSR count). The number of non-ortho nitro benzene ring substituents is 1. The molecule has 6 heteroatoms. The Balaban J connectivity index is 1.73. The molecule has 0 radical (unpaired) electrons. The predicted octanol–water partition coefficient (Wildman–Crippen LogP) is 3.60. The Morgan fingerprint density at radius 1 is 1.14 bits per heavy atom. The van der Waals surface area contributed by atoms with E-state index in [-0.39, 0.29) is 11.1 Å². The number of hydrazone groups is 1. The lowest BCUT2D eigenvalue weighted by molar-refractivity contribution is -0.384. The van der Waals surface area contributed by atoms with Crippen LogP contribution in [0.25, 0.3) is 0 Å². The number of nitrogens with zero attached hydrogens (tertiary/aromatic N) is 2. The fourth-order valence-corrected chi connectivity index (χ4v) is 3.02. The van der Waals surface area contributed by atoms with E-state index in [9.17, 15) is 10.1 Å². The molecule has 2 aromatic rings. The van der Waals surface area contributed by atoms with E-state index in [1.165, 1.54) is 17.7 Å². The zero-order valence-corrected chi connectivity index (χ0v) is 12.1. The highest BCUT2D eigenvalue weighted by Gasteiger charge is 2.22. The smallest absolute Gasteiger partial charge is 0.269 e. The van der Waals surface area contributed by atoms with Crippen molar-refractivity contribution in [1.29, 1.82) is 0 Å². The summed E-state index contributed by atoms with van der Waals surface area (Å²) in [7, 11) is 0. The fraction of sp³-hybridized carbons (Fsp3) is 0.133. The summed E-state index contributed by atoms with van der Waals surface area (Å²) in [5, 5.41) is 15.9. The van der Waals surface area contributed by atoms with Crippen molar-refractivity contribution in [2.24, 2.45) is 5.10 Å². The Morgan fingerprint density at radius 2 is 1.81 bits per heavy atom. The largest absolute Gasteiger partial charge is 0.291 e. The van der Waals surface area contributed by atoms with Crippen LogP contribution in [0.1, 0.15) is 22.1 Å². The van der Waals surface area contributed by atoms with E-state index < -0.39 is 4.92 Å². The van der Waals surface area contributed by atoms with Gasteiger partial charge in [-0.25, -0.2) is 0 Å². The zero-order chi connectivity index (χ0) is 14.8. The molecule has 0 spiro atoms. The highest BCUT2D eigenvalue weighted by Crippen LogP contribution is 2.34. The molecule has 0 saturated heterocycles. The number of nitro groups is 1. The van der Waals surface area contributed by atoms with Crippen LogP contribution in [0, 0.1) is 17.0 Å². The third-order valence-corrected chi connectivity index (χ3v) is 4.38. The summed E-state index contributed by atoms with van der Waals surface area (Å²) in [6.07, 6.45) is 0. The van der Waals surface area contributed by atoms with E-state index in [4.69, 9.17) is 0 Å². The average molecular weight is 299 g/mol. The molecule has 1 aliphatic heterocycles. The summed E-state index contributed by atoms with van der Waals surface area (Å²) in [5.74, 6) is 0. The monoisotopic (exact) mass is 299 g/mol. The molecule has 1 aliphatic rings. The van der Waals surface area contributed by atoms with Crippen LogP contribution in [0.3, 0.4) is 0 Å². The molecule has 5 nitrogen and oxygen atoms in total. The van der Waals surface area contributed by atoms with Gasteiger partial charge in [-0.2, -0.15) is 5.10 Å². The number of thioether (sulfide) groups is 1. The van der Waals surface area contributed by atoms with Crippen molar-refractivity contribution in [3.8, 4) is 0 Å². The standard InChI is InChI=1S/C15H13N3O2S/c1-10-2-4-11(5-3-10)14-16-17-15(21-14)12-6-8-13(9-7-12)18(19)20/h2-9,15,17H,1H3. The van der Waals surface area contributed by atoms with Crippen LogP contribution < -0.4 is 5.43 Å². The number of aryl methyl sites for hydroxylation is 1. The number of hydrogen-bond donors (Lipinski definition) is 1. The Morgan fingerprint density at radius 3 is 2.43 bits per heavy atom. The molecule has 2 aromatic carbocycles. The van der Waals surface area contributed by atoms with Crippen molar-refractivity contribution in [1.82, 2.24) is 5.43 Å². The van der Waals surface area contributed by atoms with Gasteiger partial charge in [-0.1, -0.05) is 41.6 Å². The highest BCUT2D eigenvalue weighted by molar-refractivity contribution is 8.14. The van der Waals surface area contributed by atoms with Crippen molar-refractivity contribution in [3.05, 3.63) is 75.3 Å². The molecule has 0 bridgehead atoms. The first-order chi connectivity index (χ1) is 10.1. The van der Waals surface area contributed by atoms with Crippen molar-refractivity contribution in [3.63, 3.8) is 0 Å². The summed E-state index contributed by atoms with van der Waals surface area (Å²) in [6, 6.07) is 14.7. The van der Waals surface area contributed by atoms with Gasteiger partial charge in [0.25, 0.3) is 5.69 Å². The highest BCUT2D eigenvalue weighted by atomic mass is 32.2. The molecule has 1 unspecified atom stereocenters. The van der Waals surface area contributed by atoms with Gasteiger partial charge in [0.05, 0.1) is 4.92 Å². The van der Waals surface area contributed by atoms with Crippen molar-refractivity contribution < 1.29 is 4.92 Å². The second-order valence-electron chi connectivity index (χ2n) is 4.76. The van der Waals surface area contributed by atoms with Crippen LogP contribution in [0.15, 0.2) is 53.6 Å². The van der Waals surface area contributed by atoms with Crippen LogP contribution in [0.2, 0.25) is 0 Å². The Labute approximate surface area is 126 Å². The quantitative estimate of drug-likeness (QED) is 0.694. The van der Waals surface area contributed by atoms with Crippen molar-refractivity contribution in [2.45, 2.75) is 12.3 Å². The minimum atomic E-state index is -0.396. The molecule has 1 N–H and O–H groups in total. The molecule has 21 heavy (non-hydrogen) atoms. The third kappa shape index (κ3) is 2.90. The second kappa shape index (κ2) is 5.57. The van der Waals surface area contributed by atoms with Gasteiger partial charge < -0.3 is 0 Å². The van der Waals surface area contributed by atoms with E-state index in [1.54, 1.807) is 23.9 Å². The zero-order valence-electron chi connectivity index (χ0n) is 11.3. The number of rotatable bonds is 3. The van der Waals surface area contributed by atoms with E-state index in [1.807, 2.05) is 19.1 Å². The molecule has 0 saturated carbocycles. The normalized spacial score (nSPS) is 17.2. The van der Waals surface area contributed by atoms with Gasteiger partial charge in [0.15, 0.2) is 0 Å². The molecular formula is C15H13N3O2S. The Bertz CT molecular complexity index is 696. The maximum atomic E-state index is 10.7. The van der Waals surface area contributed by atoms with Gasteiger partial charge in [-0.05, 0) is 24.6 Å². The molecular weight excluding hydrogens is 286 g/mol. The molecule has 1 heterocycles. The summed E-state index contributed by atoms with van der Waals surface area (Å²) in [4.78, 5) is 10.3. The predicted molar refractivity (Wildman–Crippen MR) is 84.3 cm³/mol. The van der Waals surface area contributed by atoms with Crippen LogP contribution in [-0.4, -0.2) is 9.97 Å². The number of nitro benzene ring substituents is 1. The van der Waals surface area contributed by atoms with Crippen molar-refractivity contribution in [2.75, 3.05) is 0 Å². The van der Waals surface area contributed by atoms with Gasteiger partial charge in [-0.3, -0.25) is 15.5 Å². The van der Waals surface area contributed by atoms with E-state index in [0.717, 1.165) is 16.2 Å². The Hall–Kier alpha value is -2.34. The number of benzene rings is 2. The topological polar surface area (TPSA) is 67.5 Å². The van der Waals surface area contributed by atoms with Crippen LogP contribution in [0.4, 0.5) is 5.69 Å². The first-order valence-corrected chi connectivity index (χ1v) is 7.33. The number of nitrogens with one attached hydrogen (secondary N) is 1. The first kappa shape index (κ1) is 13.6. The summed E-state index contributed by atoms with van der Waals surface area (Å²) in [5.41, 5.74) is 6.42. The first-order valence-electron chi connectivity index (χ1n) is 6.45. The lowest BCUT2D eigenvalue weighted by Crippen LogP contribution is -2.06. The minimum Gasteiger partial charge on any atom is -0.291 e.